The van der Waals surface area contributed by atoms with Gasteiger partial charge in [0.1, 0.15) is 18.8 Å². The minimum absolute atomic E-state index is 0.0103. The van der Waals surface area contributed by atoms with E-state index in [1.807, 2.05) is 127 Å². The molecule has 2 N–H and O–H groups in total. The van der Waals surface area contributed by atoms with Gasteiger partial charge in [-0.05, 0) is 46.0 Å². The highest BCUT2D eigenvalue weighted by Crippen LogP contribution is 2.31. The summed E-state index contributed by atoms with van der Waals surface area (Å²) in [5, 5.41) is 5.77. The third kappa shape index (κ3) is 8.94. The van der Waals surface area contributed by atoms with Gasteiger partial charge in [0.15, 0.2) is 11.5 Å². The zero-order chi connectivity index (χ0) is 30.4. The van der Waals surface area contributed by atoms with E-state index in [0.717, 1.165) is 22.3 Å². The standard InChI is InChI=1S/C38H34N2O4/c41-37(39-25-29-13-5-1-6-14-29)34(38(42)40-26-30-15-7-2-8-16-30)23-33-21-22-35(43-27-31-17-9-3-10-18-31)36(24-33)44-28-32-19-11-4-12-20-32/h1-24H,25-28H2,(H,39,41)(H,40,42). The zero-order valence-electron chi connectivity index (χ0n) is 24.3. The lowest BCUT2D eigenvalue weighted by atomic mass is 10.1. The number of hydrogen-bond donors (Lipinski definition) is 2. The van der Waals surface area contributed by atoms with Gasteiger partial charge in [-0.1, -0.05) is 127 Å². The minimum Gasteiger partial charge on any atom is -0.485 e. The van der Waals surface area contributed by atoms with Crippen molar-refractivity contribution in [2.75, 3.05) is 0 Å². The molecule has 220 valence electrons. The topological polar surface area (TPSA) is 76.7 Å². The molecule has 0 spiro atoms. The van der Waals surface area contributed by atoms with Crippen LogP contribution in [0.25, 0.3) is 6.08 Å². The summed E-state index contributed by atoms with van der Waals surface area (Å²) in [5.74, 6) is 0.115. The van der Waals surface area contributed by atoms with Crippen molar-refractivity contribution in [2.45, 2.75) is 26.3 Å². The van der Waals surface area contributed by atoms with Gasteiger partial charge in [0.05, 0.1) is 0 Å². The highest BCUT2D eigenvalue weighted by atomic mass is 16.5. The first-order valence-corrected chi connectivity index (χ1v) is 14.5. The van der Waals surface area contributed by atoms with Gasteiger partial charge in [-0.3, -0.25) is 9.59 Å². The molecule has 0 unspecified atom stereocenters. The number of ether oxygens (including phenoxy) is 2. The van der Waals surface area contributed by atoms with Gasteiger partial charge in [0.25, 0.3) is 11.8 Å². The smallest absolute Gasteiger partial charge is 0.257 e. The minimum atomic E-state index is -0.476. The summed E-state index contributed by atoms with van der Waals surface area (Å²) in [6, 6.07) is 44.3. The van der Waals surface area contributed by atoms with E-state index in [1.165, 1.54) is 0 Å². The molecule has 0 saturated heterocycles. The summed E-state index contributed by atoms with van der Waals surface area (Å²) < 4.78 is 12.3. The van der Waals surface area contributed by atoms with Crippen LogP contribution in [0.15, 0.2) is 145 Å². The second-order valence-corrected chi connectivity index (χ2v) is 10.1. The maximum Gasteiger partial charge on any atom is 0.257 e. The van der Waals surface area contributed by atoms with Crippen LogP contribution in [0, 0.1) is 0 Å². The number of amides is 2. The van der Waals surface area contributed by atoms with E-state index in [2.05, 4.69) is 10.6 Å². The molecule has 5 aromatic carbocycles. The monoisotopic (exact) mass is 582 g/mol. The SMILES string of the molecule is O=C(NCc1ccccc1)C(=Cc1ccc(OCc2ccccc2)c(OCc2ccccc2)c1)C(=O)NCc1ccccc1. The molecule has 5 aromatic rings. The Morgan fingerprint density at radius 1 is 0.500 bits per heavy atom. The molecule has 0 fully saturated rings. The lowest BCUT2D eigenvalue weighted by Gasteiger charge is -2.15. The van der Waals surface area contributed by atoms with E-state index in [4.69, 9.17) is 9.47 Å². The quantitative estimate of drug-likeness (QED) is 0.0904. The first kappa shape index (κ1) is 29.9. The van der Waals surface area contributed by atoms with Crippen LogP contribution in [-0.2, 0) is 35.9 Å². The zero-order valence-corrected chi connectivity index (χ0v) is 24.3. The normalized spacial score (nSPS) is 10.4. The Labute approximate surface area is 258 Å². The number of rotatable bonds is 13. The number of carbonyl (C=O) groups is 2. The van der Waals surface area contributed by atoms with Gasteiger partial charge in [-0.25, -0.2) is 0 Å². The van der Waals surface area contributed by atoms with Crippen molar-refractivity contribution in [2.24, 2.45) is 0 Å². The second kappa shape index (κ2) is 15.6. The molecular weight excluding hydrogens is 548 g/mol. The van der Waals surface area contributed by atoms with Crippen molar-refractivity contribution >= 4 is 17.9 Å². The fourth-order valence-electron chi connectivity index (χ4n) is 4.46. The second-order valence-electron chi connectivity index (χ2n) is 10.1. The van der Waals surface area contributed by atoms with Gasteiger partial charge < -0.3 is 20.1 Å². The van der Waals surface area contributed by atoms with Crippen molar-refractivity contribution in [3.8, 4) is 11.5 Å². The predicted molar refractivity (Wildman–Crippen MR) is 173 cm³/mol. The Morgan fingerprint density at radius 2 is 0.909 bits per heavy atom. The molecule has 0 aliphatic carbocycles. The lowest BCUT2D eigenvalue weighted by molar-refractivity contribution is -0.123. The summed E-state index contributed by atoms with van der Waals surface area (Å²) in [7, 11) is 0. The number of nitrogens with one attached hydrogen (secondary N) is 2. The molecule has 0 aliphatic rings. The van der Waals surface area contributed by atoms with Crippen molar-refractivity contribution in [3.05, 3.63) is 173 Å². The molecule has 0 atom stereocenters. The van der Waals surface area contributed by atoms with Crippen LogP contribution < -0.4 is 20.1 Å². The highest BCUT2D eigenvalue weighted by Gasteiger charge is 2.19. The number of hydrogen-bond acceptors (Lipinski definition) is 4. The van der Waals surface area contributed by atoms with Crippen LogP contribution in [0.1, 0.15) is 27.8 Å². The van der Waals surface area contributed by atoms with E-state index in [-0.39, 0.29) is 5.57 Å². The Morgan fingerprint density at radius 3 is 1.36 bits per heavy atom. The third-order valence-electron chi connectivity index (χ3n) is 6.83. The molecule has 0 radical (unpaired) electrons. The van der Waals surface area contributed by atoms with Crippen LogP contribution in [0.5, 0.6) is 11.5 Å². The van der Waals surface area contributed by atoms with Crippen molar-refractivity contribution in [1.29, 1.82) is 0 Å². The maximum atomic E-state index is 13.4. The van der Waals surface area contributed by atoms with Gasteiger partial charge in [-0.2, -0.15) is 0 Å². The van der Waals surface area contributed by atoms with E-state index in [0.29, 0.717) is 43.4 Å². The van der Waals surface area contributed by atoms with Gasteiger partial charge >= 0.3 is 0 Å². The largest absolute Gasteiger partial charge is 0.485 e. The molecule has 6 nitrogen and oxygen atoms in total. The Bertz CT molecular complexity index is 1610. The third-order valence-corrected chi connectivity index (χ3v) is 6.83. The average Bonchev–Trinajstić information content (AvgIpc) is 3.09. The van der Waals surface area contributed by atoms with E-state index < -0.39 is 11.8 Å². The van der Waals surface area contributed by atoms with Crippen molar-refractivity contribution in [3.63, 3.8) is 0 Å². The summed E-state index contributed by atoms with van der Waals surface area (Å²) >= 11 is 0. The van der Waals surface area contributed by atoms with Crippen LogP contribution in [-0.4, -0.2) is 11.8 Å². The molecule has 5 rings (SSSR count). The first-order valence-electron chi connectivity index (χ1n) is 14.5. The van der Waals surface area contributed by atoms with Crippen LogP contribution in [0.4, 0.5) is 0 Å². The molecule has 0 saturated carbocycles. The van der Waals surface area contributed by atoms with Crippen molar-refractivity contribution in [1.82, 2.24) is 10.6 Å². The summed E-state index contributed by atoms with van der Waals surface area (Å²) in [4.78, 5) is 26.8. The molecule has 0 heterocycles. The first-order chi connectivity index (χ1) is 21.6. The Hall–Kier alpha value is -5.62. The number of benzene rings is 5. The summed E-state index contributed by atoms with van der Waals surface area (Å²) in [5.41, 5.74) is 4.51. The molecule has 2 amide bonds. The Balaban J connectivity index is 1.40. The summed E-state index contributed by atoms with van der Waals surface area (Å²) in [6.45, 7) is 1.28. The molecule has 0 aromatic heterocycles. The maximum absolute atomic E-state index is 13.4. The van der Waals surface area contributed by atoms with E-state index in [9.17, 15) is 9.59 Å². The molecule has 6 heteroatoms. The molecular formula is C38H34N2O4. The van der Waals surface area contributed by atoms with Gasteiger partial charge in [0, 0.05) is 13.1 Å². The highest BCUT2D eigenvalue weighted by molar-refractivity contribution is 6.21. The van der Waals surface area contributed by atoms with Gasteiger partial charge in [0.2, 0.25) is 0 Å². The van der Waals surface area contributed by atoms with Crippen molar-refractivity contribution < 1.29 is 19.1 Å². The van der Waals surface area contributed by atoms with E-state index >= 15 is 0 Å². The molecule has 0 bridgehead atoms. The van der Waals surface area contributed by atoms with Crippen LogP contribution in [0.2, 0.25) is 0 Å². The van der Waals surface area contributed by atoms with Crippen LogP contribution >= 0.6 is 0 Å². The predicted octanol–water partition coefficient (Wildman–Crippen LogP) is 6.86. The molecule has 0 aliphatic heterocycles. The lowest BCUT2D eigenvalue weighted by Crippen LogP contribution is -2.34. The summed E-state index contributed by atoms with van der Waals surface area (Å²) in [6.07, 6.45) is 1.58. The van der Waals surface area contributed by atoms with Gasteiger partial charge in [-0.15, -0.1) is 0 Å². The average molecular weight is 583 g/mol. The fourth-order valence-corrected chi connectivity index (χ4v) is 4.46. The van der Waals surface area contributed by atoms with E-state index in [1.54, 1.807) is 18.2 Å². The number of carbonyl (C=O) groups excluding carboxylic acids is 2. The van der Waals surface area contributed by atoms with Crippen LogP contribution in [0.3, 0.4) is 0 Å². The Kier molecular flexibility index (Phi) is 10.6. The fraction of sp³-hybridized carbons (Fsp3) is 0.105. The molecule has 44 heavy (non-hydrogen) atoms.